The van der Waals surface area contributed by atoms with Crippen LogP contribution in [0.4, 0.5) is 42.0 Å². The molecule has 172 valence electrons. The number of rotatable bonds is 6. The number of benzene rings is 2. The van der Waals surface area contributed by atoms with Gasteiger partial charge in [0.25, 0.3) is 5.69 Å². The molecule has 4 rings (SSSR count). The van der Waals surface area contributed by atoms with Gasteiger partial charge in [-0.25, -0.2) is 4.98 Å². The number of nitrogens with zero attached hydrogens (tertiary/aromatic N) is 3. The standard InChI is InChI=1S/C23H22F3N5O2/c24-23(25,26)18-14-27-22(30-21(18)29-19-8-4-5-9-20(19)31(32)33)28-17-12-10-16(11-13-17)15-6-2-1-3-7-15/h4-5,8-15H,1-3,6-7H2,(H2,27,28,29,30). The third kappa shape index (κ3) is 5.39. The van der Waals surface area contributed by atoms with Crippen LogP contribution in [-0.4, -0.2) is 14.9 Å². The van der Waals surface area contributed by atoms with E-state index >= 15 is 0 Å². The molecule has 1 aliphatic carbocycles. The Morgan fingerprint density at radius 3 is 2.33 bits per heavy atom. The molecule has 0 amide bonds. The fourth-order valence-corrected chi connectivity index (χ4v) is 4.01. The number of para-hydroxylation sites is 2. The van der Waals surface area contributed by atoms with Gasteiger partial charge in [0.2, 0.25) is 5.95 Å². The van der Waals surface area contributed by atoms with Crippen LogP contribution in [0.15, 0.2) is 54.7 Å². The van der Waals surface area contributed by atoms with Crippen LogP contribution in [-0.2, 0) is 6.18 Å². The van der Waals surface area contributed by atoms with Crippen LogP contribution in [0, 0.1) is 10.1 Å². The van der Waals surface area contributed by atoms with Crippen LogP contribution in [0.25, 0.3) is 0 Å². The molecule has 10 heteroatoms. The van der Waals surface area contributed by atoms with Crippen LogP contribution in [0.5, 0.6) is 0 Å². The van der Waals surface area contributed by atoms with Gasteiger partial charge >= 0.3 is 6.18 Å². The van der Waals surface area contributed by atoms with E-state index in [-0.39, 0.29) is 17.3 Å². The van der Waals surface area contributed by atoms with Gasteiger partial charge in [-0.1, -0.05) is 43.5 Å². The van der Waals surface area contributed by atoms with Gasteiger partial charge < -0.3 is 10.6 Å². The molecule has 0 radical (unpaired) electrons. The van der Waals surface area contributed by atoms with Crippen molar-refractivity contribution in [1.82, 2.24) is 9.97 Å². The molecule has 0 atom stereocenters. The molecule has 7 nitrogen and oxygen atoms in total. The van der Waals surface area contributed by atoms with Crippen molar-refractivity contribution in [1.29, 1.82) is 0 Å². The lowest BCUT2D eigenvalue weighted by Gasteiger charge is -2.22. The summed E-state index contributed by atoms with van der Waals surface area (Å²) in [7, 11) is 0. The third-order valence-electron chi connectivity index (χ3n) is 5.69. The van der Waals surface area contributed by atoms with Crippen molar-refractivity contribution in [2.45, 2.75) is 44.2 Å². The smallest absolute Gasteiger partial charge is 0.334 e. The summed E-state index contributed by atoms with van der Waals surface area (Å²) in [6.07, 6.45) is 1.95. The first-order valence-electron chi connectivity index (χ1n) is 10.6. The molecule has 1 aromatic heterocycles. The summed E-state index contributed by atoms with van der Waals surface area (Å²) in [5.74, 6) is -0.102. The second-order valence-corrected chi connectivity index (χ2v) is 7.93. The Labute approximate surface area is 188 Å². The first-order valence-corrected chi connectivity index (χ1v) is 10.6. The lowest BCUT2D eigenvalue weighted by atomic mass is 9.84. The molecule has 1 heterocycles. The number of aromatic nitrogens is 2. The molecule has 0 spiro atoms. The monoisotopic (exact) mass is 457 g/mol. The van der Waals surface area contributed by atoms with Gasteiger partial charge in [0.1, 0.15) is 17.1 Å². The van der Waals surface area contributed by atoms with Gasteiger partial charge in [-0.05, 0) is 42.5 Å². The van der Waals surface area contributed by atoms with E-state index < -0.39 is 22.5 Å². The van der Waals surface area contributed by atoms with Crippen LogP contribution >= 0.6 is 0 Å². The molecule has 33 heavy (non-hydrogen) atoms. The van der Waals surface area contributed by atoms with Crippen molar-refractivity contribution in [3.63, 3.8) is 0 Å². The van der Waals surface area contributed by atoms with E-state index in [1.807, 2.05) is 24.3 Å². The van der Waals surface area contributed by atoms with Gasteiger partial charge in [0, 0.05) is 18.0 Å². The zero-order valence-corrected chi connectivity index (χ0v) is 17.6. The molecule has 1 aliphatic rings. The fourth-order valence-electron chi connectivity index (χ4n) is 4.01. The highest BCUT2D eigenvalue weighted by Crippen LogP contribution is 2.37. The van der Waals surface area contributed by atoms with Gasteiger partial charge in [-0.3, -0.25) is 10.1 Å². The maximum absolute atomic E-state index is 13.5. The average Bonchev–Trinajstić information content (AvgIpc) is 2.80. The van der Waals surface area contributed by atoms with Gasteiger partial charge in [-0.15, -0.1) is 0 Å². The summed E-state index contributed by atoms with van der Waals surface area (Å²) < 4.78 is 40.5. The Kier molecular flexibility index (Phi) is 6.43. The Morgan fingerprint density at radius 1 is 0.970 bits per heavy atom. The SMILES string of the molecule is O=[N+]([O-])c1ccccc1Nc1nc(Nc2ccc(C3CCCCC3)cc2)ncc1C(F)(F)F. The summed E-state index contributed by atoms with van der Waals surface area (Å²) >= 11 is 0. The Morgan fingerprint density at radius 2 is 1.67 bits per heavy atom. The molecular formula is C23H22F3N5O2. The van der Waals surface area contributed by atoms with Crippen LogP contribution < -0.4 is 10.6 Å². The molecule has 0 unspecified atom stereocenters. The number of hydrogen-bond donors (Lipinski definition) is 2. The minimum Gasteiger partial charge on any atom is -0.334 e. The number of nitro benzene ring substituents is 1. The first-order chi connectivity index (χ1) is 15.8. The van der Waals surface area contributed by atoms with E-state index in [1.165, 1.54) is 49.1 Å². The molecule has 2 aromatic carbocycles. The zero-order chi connectivity index (χ0) is 23.4. The highest BCUT2D eigenvalue weighted by Gasteiger charge is 2.36. The van der Waals surface area contributed by atoms with Crippen LogP contribution in [0.1, 0.15) is 49.1 Å². The van der Waals surface area contributed by atoms with E-state index in [4.69, 9.17) is 0 Å². The van der Waals surface area contributed by atoms with Gasteiger partial charge in [0.05, 0.1) is 4.92 Å². The molecule has 0 bridgehead atoms. The lowest BCUT2D eigenvalue weighted by Crippen LogP contribution is -2.13. The minimum absolute atomic E-state index is 0.0606. The number of alkyl halides is 3. The summed E-state index contributed by atoms with van der Waals surface area (Å²) in [4.78, 5) is 18.3. The van der Waals surface area contributed by atoms with Crippen molar-refractivity contribution in [3.05, 3.63) is 76.0 Å². The minimum atomic E-state index is -4.74. The highest BCUT2D eigenvalue weighted by atomic mass is 19.4. The Bertz CT molecular complexity index is 1130. The average molecular weight is 457 g/mol. The van der Waals surface area contributed by atoms with Crippen LogP contribution in [0.3, 0.4) is 0 Å². The Hall–Kier alpha value is -3.69. The second-order valence-electron chi connectivity index (χ2n) is 7.93. The normalized spacial score (nSPS) is 14.6. The predicted octanol–water partition coefficient (Wildman–Crippen LogP) is 6.94. The van der Waals surface area contributed by atoms with E-state index in [0.29, 0.717) is 17.8 Å². The van der Waals surface area contributed by atoms with E-state index in [0.717, 1.165) is 12.8 Å². The first kappa shape index (κ1) is 22.5. The molecule has 1 fully saturated rings. The van der Waals surface area contributed by atoms with Gasteiger partial charge in [-0.2, -0.15) is 18.2 Å². The molecule has 3 aromatic rings. The van der Waals surface area contributed by atoms with E-state index in [9.17, 15) is 23.3 Å². The Balaban J connectivity index is 1.59. The lowest BCUT2D eigenvalue weighted by molar-refractivity contribution is -0.383. The molecular weight excluding hydrogens is 435 g/mol. The molecule has 2 N–H and O–H groups in total. The summed E-state index contributed by atoms with van der Waals surface area (Å²) in [5.41, 5.74) is 0.281. The zero-order valence-electron chi connectivity index (χ0n) is 17.6. The molecule has 1 saturated carbocycles. The van der Waals surface area contributed by atoms with Crippen molar-refractivity contribution >= 4 is 28.8 Å². The third-order valence-corrected chi connectivity index (χ3v) is 5.69. The van der Waals surface area contributed by atoms with E-state index in [2.05, 4.69) is 20.6 Å². The fraction of sp³-hybridized carbons (Fsp3) is 0.304. The van der Waals surface area contributed by atoms with Gasteiger partial charge in [0.15, 0.2) is 0 Å². The maximum Gasteiger partial charge on any atom is 0.421 e. The summed E-state index contributed by atoms with van der Waals surface area (Å²) in [6.45, 7) is 0. The number of hydrogen-bond acceptors (Lipinski definition) is 6. The quantitative estimate of drug-likeness (QED) is 0.308. The largest absolute Gasteiger partial charge is 0.421 e. The number of nitro groups is 1. The number of anilines is 4. The highest BCUT2D eigenvalue weighted by molar-refractivity contribution is 5.70. The second kappa shape index (κ2) is 9.43. The van der Waals surface area contributed by atoms with Crippen LogP contribution in [0.2, 0.25) is 0 Å². The number of halogens is 3. The van der Waals surface area contributed by atoms with Crippen molar-refractivity contribution < 1.29 is 18.1 Å². The number of nitrogens with one attached hydrogen (secondary N) is 2. The molecule has 0 saturated heterocycles. The van der Waals surface area contributed by atoms with Crippen molar-refractivity contribution in [2.24, 2.45) is 0 Å². The van der Waals surface area contributed by atoms with Crippen molar-refractivity contribution in [2.75, 3.05) is 10.6 Å². The maximum atomic E-state index is 13.5. The van der Waals surface area contributed by atoms with Crippen molar-refractivity contribution in [3.8, 4) is 0 Å². The summed E-state index contributed by atoms with van der Waals surface area (Å²) in [5, 5.41) is 16.6. The topological polar surface area (TPSA) is 93.0 Å². The summed E-state index contributed by atoms with van der Waals surface area (Å²) in [6, 6.07) is 13.1. The predicted molar refractivity (Wildman–Crippen MR) is 119 cm³/mol. The molecule has 0 aliphatic heterocycles. The van der Waals surface area contributed by atoms with E-state index in [1.54, 1.807) is 0 Å².